The van der Waals surface area contributed by atoms with E-state index in [1.807, 2.05) is 0 Å². The minimum absolute atomic E-state index is 0.0930. The summed E-state index contributed by atoms with van der Waals surface area (Å²) < 4.78 is 22.4. The van der Waals surface area contributed by atoms with Crippen LogP contribution in [0.2, 0.25) is 0 Å². The second kappa shape index (κ2) is 57.8. The zero-order valence-electron chi connectivity index (χ0n) is 47.3. The van der Waals surface area contributed by atoms with Crippen LogP contribution in [0.4, 0.5) is 0 Å². The lowest BCUT2D eigenvalue weighted by atomic mass is 10.0. The monoisotopic (exact) mass is 1010 g/mol. The minimum atomic E-state index is -4.32. The molecule has 0 aliphatic rings. The van der Waals surface area contributed by atoms with Crippen LogP contribution < -0.4 is 11.1 Å². The number of hydrogen-bond acceptors (Lipinski definition) is 6. The molecule has 0 spiro atoms. The van der Waals surface area contributed by atoms with Gasteiger partial charge in [-0.3, -0.25) is 13.8 Å². The van der Waals surface area contributed by atoms with Gasteiger partial charge in [0.25, 0.3) is 0 Å². The van der Waals surface area contributed by atoms with Crippen molar-refractivity contribution in [2.75, 3.05) is 19.8 Å². The normalized spacial score (nSPS) is 13.5. The third-order valence-electron chi connectivity index (χ3n) is 15.0. The molecule has 0 rings (SSSR count). The Morgan fingerprint density at radius 2 is 0.657 bits per heavy atom. The molecule has 0 bridgehead atoms. The van der Waals surface area contributed by atoms with Gasteiger partial charge in [-0.25, -0.2) is 4.57 Å². The lowest BCUT2D eigenvalue weighted by Crippen LogP contribution is -2.46. The molecule has 0 aromatic rings. The molecule has 8 nitrogen and oxygen atoms in total. The number of hydrogen-bond donors (Lipinski definition) is 4. The van der Waals surface area contributed by atoms with Gasteiger partial charge in [0.1, 0.15) is 0 Å². The van der Waals surface area contributed by atoms with Crippen LogP contribution in [0.5, 0.6) is 0 Å². The molecule has 0 saturated heterocycles. The second-order valence-electron chi connectivity index (χ2n) is 22.0. The quantitative estimate of drug-likeness (QED) is 0.0352. The average molecular weight is 1010 g/mol. The van der Waals surface area contributed by atoms with Gasteiger partial charge in [0.15, 0.2) is 0 Å². The van der Waals surface area contributed by atoms with Crippen molar-refractivity contribution in [3.05, 3.63) is 0 Å². The highest BCUT2D eigenvalue weighted by atomic mass is 31.2. The molecule has 0 fully saturated rings. The van der Waals surface area contributed by atoms with Gasteiger partial charge in [0, 0.05) is 13.0 Å². The smallest absolute Gasteiger partial charge is 0.391 e. The highest BCUT2D eigenvalue weighted by Crippen LogP contribution is 2.43. The van der Waals surface area contributed by atoms with E-state index >= 15 is 0 Å². The van der Waals surface area contributed by atoms with Gasteiger partial charge < -0.3 is 21.1 Å². The molecular weight excluding hydrogens is 888 g/mol. The number of rotatable bonds is 61. The molecule has 0 radical (unpaired) electrons. The Kier molecular flexibility index (Phi) is 57.4. The first-order valence-corrected chi connectivity index (χ1v) is 33.1. The Morgan fingerprint density at radius 3 is 0.914 bits per heavy atom. The summed E-state index contributed by atoms with van der Waals surface area (Å²) in [6, 6.07) is -0.770. The van der Waals surface area contributed by atoms with Crippen LogP contribution in [0.25, 0.3) is 0 Å². The number of phosphoric acid groups is 1. The molecule has 9 heteroatoms. The number of phosphoric ester groups is 1. The zero-order valence-corrected chi connectivity index (χ0v) is 48.2. The van der Waals surface area contributed by atoms with Gasteiger partial charge in [-0.15, -0.1) is 0 Å². The third-order valence-corrected chi connectivity index (χ3v) is 15.9. The van der Waals surface area contributed by atoms with Crippen molar-refractivity contribution in [1.82, 2.24) is 5.32 Å². The van der Waals surface area contributed by atoms with Crippen LogP contribution in [0.3, 0.4) is 0 Å². The highest BCUT2D eigenvalue weighted by Gasteiger charge is 2.27. The summed E-state index contributed by atoms with van der Waals surface area (Å²) in [6.07, 6.45) is 69.0. The molecule has 0 aromatic carbocycles. The Balaban J connectivity index is 3.77. The molecule has 1 amide bonds. The fraction of sp³-hybridized carbons (Fsp3) is 0.984. The molecular formula is C61H125N2O6P. The van der Waals surface area contributed by atoms with Gasteiger partial charge in [0.05, 0.1) is 25.4 Å². The van der Waals surface area contributed by atoms with E-state index in [1.54, 1.807) is 0 Å². The minimum Gasteiger partial charge on any atom is -0.391 e. The number of aliphatic hydroxyl groups excluding tert-OH is 1. The summed E-state index contributed by atoms with van der Waals surface area (Å²) in [5.41, 5.74) is 5.42. The first-order chi connectivity index (χ1) is 34.4. The first-order valence-electron chi connectivity index (χ1n) is 31.7. The molecule has 0 heterocycles. The van der Waals surface area contributed by atoms with Crippen molar-refractivity contribution in [2.45, 2.75) is 366 Å². The maximum atomic E-state index is 12.9. The number of aliphatic hydroxyl groups is 1. The Labute approximate surface area is 437 Å². The Morgan fingerprint density at radius 1 is 0.414 bits per heavy atom. The van der Waals surface area contributed by atoms with Crippen LogP contribution in [-0.4, -0.2) is 47.8 Å². The van der Waals surface area contributed by atoms with E-state index in [-0.39, 0.29) is 25.7 Å². The van der Waals surface area contributed by atoms with Crippen LogP contribution in [-0.2, 0) is 18.4 Å². The van der Waals surface area contributed by atoms with Crippen LogP contribution in [0.15, 0.2) is 0 Å². The first kappa shape index (κ1) is 69.5. The summed E-state index contributed by atoms with van der Waals surface area (Å²) >= 11 is 0. The summed E-state index contributed by atoms with van der Waals surface area (Å²) in [4.78, 5) is 22.9. The van der Waals surface area contributed by atoms with Gasteiger partial charge >= 0.3 is 7.82 Å². The lowest BCUT2D eigenvalue weighted by molar-refractivity contribution is -0.123. The van der Waals surface area contributed by atoms with Gasteiger partial charge in [0.2, 0.25) is 5.91 Å². The van der Waals surface area contributed by atoms with Crippen molar-refractivity contribution >= 4 is 13.7 Å². The fourth-order valence-electron chi connectivity index (χ4n) is 10.2. The van der Waals surface area contributed by atoms with Gasteiger partial charge in [-0.2, -0.15) is 0 Å². The van der Waals surface area contributed by atoms with Crippen molar-refractivity contribution in [2.24, 2.45) is 5.73 Å². The van der Waals surface area contributed by atoms with E-state index in [0.717, 1.165) is 38.5 Å². The Bertz CT molecular complexity index is 1070. The molecule has 70 heavy (non-hydrogen) atoms. The molecule has 0 aromatic heterocycles. The maximum Gasteiger partial charge on any atom is 0.472 e. The highest BCUT2D eigenvalue weighted by molar-refractivity contribution is 7.47. The lowest BCUT2D eigenvalue weighted by Gasteiger charge is -2.25. The van der Waals surface area contributed by atoms with E-state index in [1.165, 1.54) is 289 Å². The molecule has 5 N–H and O–H groups in total. The van der Waals surface area contributed by atoms with Crippen LogP contribution >= 0.6 is 7.82 Å². The maximum absolute atomic E-state index is 12.9. The number of carbonyl (C=O) groups excluding carboxylic acids is 1. The molecule has 0 aliphatic carbocycles. The zero-order chi connectivity index (χ0) is 51.0. The molecule has 3 atom stereocenters. The number of amides is 1. The summed E-state index contributed by atoms with van der Waals surface area (Å²) in [7, 11) is -4.32. The van der Waals surface area contributed by atoms with Crippen molar-refractivity contribution in [1.29, 1.82) is 0 Å². The summed E-state index contributed by atoms with van der Waals surface area (Å²) in [6.45, 7) is 4.28. The van der Waals surface area contributed by atoms with Gasteiger partial charge in [-0.05, 0) is 12.8 Å². The van der Waals surface area contributed by atoms with Crippen LogP contribution in [0.1, 0.15) is 354 Å². The largest absolute Gasteiger partial charge is 0.472 e. The van der Waals surface area contributed by atoms with Crippen molar-refractivity contribution in [3.8, 4) is 0 Å². The molecule has 0 saturated carbocycles. The SMILES string of the molecule is CCCCCCCCCCCCCCCCCCCCCCCCCCCCCCCCCCCCC(=O)N[C@@H](COP(=O)(O)OCCN)[C@H](O)CCCCCCCCCCCCCCCCCCC. The summed E-state index contributed by atoms with van der Waals surface area (Å²) in [5.74, 6) is -0.151. The Hall–Kier alpha value is -0.500. The third kappa shape index (κ3) is 55.3. The van der Waals surface area contributed by atoms with Gasteiger partial charge in [-0.1, -0.05) is 335 Å². The van der Waals surface area contributed by atoms with E-state index < -0.39 is 20.0 Å². The average Bonchev–Trinajstić information content (AvgIpc) is 3.35. The molecule has 0 aliphatic heterocycles. The topological polar surface area (TPSA) is 131 Å². The molecule has 420 valence electrons. The van der Waals surface area contributed by atoms with E-state index in [2.05, 4.69) is 19.2 Å². The second-order valence-corrected chi connectivity index (χ2v) is 23.4. The van der Waals surface area contributed by atoms with E-state index in [0.29, 0.717) is 12.8 Å². The van der Waals surface area contributed by atoms with Crippen molar-refractivity contribution < 1.29 is 28.4 Å². The number of unbranched alkanes of at least 4 members (excludes halogenated alkanes) is 49. The summed E-state index contributed by atoms with van der Waals surface area (Å²) in [5, 5.41) is 13.9. The van der Waals surface area contributed by atoms with E-state index in [4.69, 9.17) is 14.8 Å². The predicted molar refractivity (Wildman–Crippen MR) is 305 cm³/mol. The van der Waals surface area contributed by atoms with Crippen LogP contribution in [0, 0.1) is 0 Å². The number of carbonyl (C=O) groups is 1. The fourth-order valence-corrected chi connectivity index (χ4v) is 11.0. The number of nitrogens with one attached hydrogen (secondary N) is 1. The predicted octanol–water partition coefficient (Wildman–Crippen LogP) is 19.6. The van der Waals surface area contributed by atoms with Crippen molar-refractivity contribution in [3.63, 3.8) is 0 Å². The molecule has 1 unspecified atom stereocenters. The standard InChI is InChI=1S/C61H125N2O6P/c1-3-5-7-9-11-13-15-17-19-21-22-23-24-25-26-27-28-29-30-31-32-33-34-35-36-37-39-41-43-45-47-49-51-53-55-61(65)63-59(58-69-70(66,67)68-57-56-62)60(64)54-52-50-48-46-44-42-40-38-20-18-16-14-12-10-8-6-4-2/h59-60,64H,3-58,62H2,1-2H3,(H,63,65)(H,66,67)/t59-,60+/m0/s1. The number of nitrogens with two attached hydrogens (primary N) is 1. The van der Waals surface area contributed by atoms with E-state index in [9.17, 15) is 19.4 Å².